The van der Waals surface area contributed by atoms with Crippen molar-refractivity contribution < 1.29 is 18.7 Å². The molecule has 1 fully saturated rings. The average Bonchev–Trinajstić information content (AvgIpc) is 3.21. The van der Waals surface area contributed by atoms with Crippen LogP contribution in [0.25, 0.3) is 0 Å². The van der Waals surface area contributed by atoms with E-state index in [-0.39, 0.29) is 30.9 Å². The highest BCUT2D eigenvalue weighted by Crippen LogP contribution is 2.33. The smallest absolute Gasteiger partial charge is 0.315 e. The number of carbonyl (C=O) groups excluding carboxylic acids is 2. The van der Waals surface area contributed by atoms with Crippen LogP contribution >= 0.6 is 0 Å². The van der Waals surface area contributed by atoms with E-state index in [2.05, 4.69) is 10.6 Å². The molecular formula is C21H24FN3O3. The Balaban J connectivity index is 1.50. The zero-order valence-electron chi connectivity index (χ0n) is 15.8. The Morgan fingerprint density at radius 1 is 1.18 bits per heavy atom. The fourth-order valence-corrected chi connectivity index (χ4v) is 3.37. The SMILES string of the molecule is COc1cccc(C2CCCN2C(=O)CNC(=O)NCc2ccc(F)cc2)c1. The molecule has 2 aromatic carbocycles. The molecule has 0 bridgehead atoms. The Kier molecular flexibility index (Phi) is 6.47. The van der Waals surface area contributed by atoms with Crippen LogP contribution in [-0.2, 0) is 11.3 Å². The van der Waals surface area contributed by atoms with Crippen molar-refractivity contribution in [3.05, 3.63) is 65.5 Å². The fourth-order valence-electron chi connectivity index (χ4n) is 3.37. The van der Waals surface area contributed by atoms with Crippen molar-refractivity contribution in [2.24, 2.45) is 0 Å². The van der Waals surface area contributed by atoms with Crippen LogP contribution in [0.2, 0.25) is 0 Å². The van der Waals surface area contributed by atoms with Crippen molar-refractivity contribution in [2.45, 2.75) is 25.4 Å². The minimum absolute atomic E-state index is 0.00771. The number of urea groups is 1. The summed E-state index contributed by atoms with van der Waals surface area (Å²) in [6, 6.07) is 13.2. The lowest BCUT2D eigenvalue weighted by molar-refractivity contribution is -0.131. The molecule has 1 unspecified atom stereocenters. The number of carbonyl (C=O) groups is 2. The van der Waals surface area contributed by atoms with Gasteiger partial charge in [0, 0.05) is 13.1 Å². The summed E-state index contributed by atoms with van der Waals surface area (Å²) in [5.74, 6) is 0.312. The van der Waals surface area contributed by atoms with Crippen molar-refractivity contribution in [1.82, 2.24) is 15.5 Å². The first-order chi connectivity index (χ1) is 13.6. The number of hydrogen-bond acceptors (Lipinski definition) is 3. The molecule has 2 aromatic rings. The summed E-state index contributed by atoms with van der Waals surface area (Å²) >= 11 is 0. The molecule has 0 spiro atoms. The van der Waals surface area contributed by atoms with Gasteiger partial charge in [-0.3, -0.25) is 4.79 Å². The molecule has 1 aliphatic rings. The van der Waals surface area contributed by atoms with Gasteiger partial charge in [-0.2, -0.15) is 0 Å². The summed E-state index contributed by atoms with van der Waals surface area (Å²) in [4.78, 5) is 26.4. The normalized spacial score (nSPS) is 15.9. The van der Waals surface area contributed by atoms with E-state index >= 15 is 0 Å². The maximum atomic E-state index is 12.9. The van der Waals surface area contributed by atoms with Crippen molar-refractivity contribution in [2.75, 3.05) is 20.2 Å². The maximum absolute atomic E-state index is 12.9. The van der Waals surface area contributed by atoms with Gasteiger partial charge >= 0.3 is 6.03 Å². The minimum Gasteiger partial charge on any atom is -0.497 e. The Morgan fingerprint density at radius 3 is 2.71 bits per heavy atom. The number of ether oxygens (including phenoxy) is 1. The van der Waals surface area contributed by atoms with E-state index in [0.717, 1.165) is 29.7 Å². The number of amides is 3. The standard InChI is InChI=1S/C21H24FN3O3/c1-28-18-5-2-4-16(12-18)19-6-3-11-25(19)20(26)14-24-21(27)23-13-15-7-9-17(22)10-8-15/h2,4-5,7-10,12,19H,3,6,11,13-14H2,1H3,(H2,23,24,27). The first-order valence-corrected chi connectivity index (χ1v) is 9.26. The van der Waals surface area contributed by atoms with Gasteiger partial charge in [-0.25, -0.2) is 9.18 Å². The third-order valence-corrected chi connectivity index (χ3v) is 4.82. The summed E-state index contributed by atoms with van der Waals surface area (Å²) < 4.78 is 18.2. The van der Waals surface area contributed by atoms with Gasteiger partial charge in [0.2, 0.25) is 5.91 Å². The minimum atomic E-state index is -0.435. The summed E-state index contributed by atoms with van der Waals surface area (Å²) in [6.45, 7) is 0.853. The molecule has 2 N–H and O–H groups in total. The van der Waals surface area contributed by atoms with E-state index in [4.69, 9.17) is 4.74 Å². The number of rotatable bonds is 6. The molecule has 3 amide bonds. The Morgan fingerprint density at radius 2 is 1.96 bits per heavy atom. The summed E-state index contributed by atoms with van der Waals surface area (Å²) in [7, 11) is 1.62. The van der Waals surface area contributed by atoms with E-state index < -0.39 is 6.03 Å². The number of methoxy groups -OCH3 is 1. The second-order valence-electron chi connectivity index (χ2n) is 6.68. The van der Waals surface area contributed by atoms with Gasteiger partial charge in [0.05, 0.1) is 19.7 Å². The molecule has 3 rings (SSSR count). The van der Waals surface area contributed by atoms with Gasteiger partial charge in [-0.1, -0.05) is 24.3 Å². The molecule has 1 aliphatic heterocycles. The van der Waals surface area contributed by atoms with Crippen molar-refractivity contribution in [3.8, 4) is 5.75 Å². The van der Waals surface area contributed by atoms with Crippen LogP contribution in [0.5, 0.6) is 5.75 Å². The predicted molar refractivity (Wildman–Crippen MR) is 103 cm³/mol. The first-order valence-electron chi connectivity index (χ1n) is 9.26. The zero-order chi connectivity index (χ0) is 19.9. The summed E-state index contributed by atoms with van der Waals surface area (Å²) in [6.07, 6.45) is 1.81. The van der Waals surface area contributed by atoms with Gasteiger partial charge in [0.1, 0.15) is 11.6 Å². The Labute approximate surface area is 163 Å². The van der Waals surface area contributed by atoms with Crippen LogP contribution in [0.1, 0.15) is 30.0 Å². The lowest BCUT2D eigenvalue weighted by Gasteiger charge is -2.25. The number of halogens is 1. The lowest BCUT2D eigenvalue weighted by Crippen LogP contribution is -2.43. The molecule has 7 heteroatoms. The van der Waals surface area contributed by atoms with E-state index in [9.17, 15) is 14.0 Å². The predicted octanol–water partition coefficient (Wildman–Crippen LogP) is 3.00. The second-order valence-corrected chi connectivity index (χ2v) is 6.68. The van der Waals surface area contributed by atoms with E-state index in [1.165, 1.54) is 12.1 Å². The molecule has 28 heavy (non-hydrogen) atoms. The average molecular weight is 385 g/mol. The molecule has 1 atom stereocenters. The topological polar surface area (TPSA) is 70.7 Å². The Hall–Kier alpha value is -3.09. The fraction of sp³-hybridized carbons (Fsp3) is 0.333. The highest BCUT2D eigenvalue weighted by atomic mass is 19.1. The van der Waals surface area contributed by atoms with Crippen LogP contribution in [0.4, 0.5) is 9.18 Å². The summed E-state index contributed by atoms with van der Waals surface area (Å²) in [5.41, 5.74) is 1.81. The Bertz CT molecular complexity index is 826. The van der Waals surface area contributed by atoms with E-state index in [1.807, 2.05) is 24.3 Å². The molecule has 0 aliphatic carbocycles. The molecule has 148 valence electrons. The third kappa shape index (κ3) is 5.00. The molecule has 1 heterocycles. The number of nitrogens with zero attached hydrogens (tertiary/aromatic N) is 1. The van der Waals surface area contributed by atoms with E-state index in [0.29, 0.717) is 6.54 Å². The highest BCUT2D eigenvalue weighted by Gasteiger charge is 2.30. The van der Waals surface area contributed by atoms with Crippen LogP contribution in [0.3, 0.4) is 0 Å². The molecule has 0 aromatic heterocycles. The third-order valence-electron chi connectivity index (χ3n) is 4.82. The first kappa shape index (κ1) is 19.7. The van der Waals surface area contributed by atoms with Crippen LogP contribution in [0.15, 0.2) is 48.5 Å². The molecular weight excluding hydrogens is 361 g/mol. The van der Waals surface area contributed by atoms with Crippen molar-refractivity contribution in [1.29, 1.82) is 0 Å². The highest BCUT2D eigenvalue weighted by molar-refractivity contribution is 5.84. The van der Waals surface area contributed by atoms with Crippen LogP contribution in [-0.4, -0.2) is 37.0 Å². The van der Waals surface area contributed by atoms with Crippen molar-refractivity contribution >= 4 is 11.9 Å². The van der Waals surface area contributed by atoms with Crippen molar-refractivity contribution in [3.63, 3.8) is 0 Å². The molecule has 0 radical (unpaired) electrons. The number of likely N-dealkylation sites (tertiary alicyclic amines) is 1. The van der Waals surface area contributed by atoms with Gasteiger partial charge in [-0.05, 0) is 48.2 Å². The zero-order valence-corrected chi connectivity index (χ0v) is 15.8. The van der Waals surface area contributed by atoms with Gasteiger partial charge < -0.3 is 20.3 Å². The molecule has 6 nitrogen and oxygen atoms in total. The quantitative estimate of drug-likeness (QED) is 0.803. The van der Waals surface area contributed by atoms with Gasteiger partial charge in [0.25, 0.3) is 0 Å². The monoisotopic (exact) mass is 385 g/mol. The van der Waals surface area contributed by atoms with Gasteiger partial charge in [0.15, 0.2) is 0 Å². The van der Waals surface area contributed by atoms with E-state index in [1.54, 1.807) is 24.1 Å². The van der Waals surface area contributed by atoms with Gasteiger partial charge in [-0.15, -0.1) is 0 Å². The number of hydrogen-bond donors (Lipinski definition) is 2. The number of nitrogens with one attached hydrogen (secondary N) is 2. The molecule has 1 saturated heterocycles. The molecule has 0 saturated carbocycles. The maximum Gasteiger partial charge on any atom is 0.315 e. The van der Waals surface area contributed by atoms with Crippen LogP contribution < -0.4 is 15.4 Å². The van der Waals surface area contributed by atoms with Crippen LogP contribution in [0, 0.1) is 5.82 Å². The number of benzene rings is 2. The second kappa shape index (κ2) is 9.21. The lowest BCUT2D eigenvalue weighted by atomic mass is 10.0. The summed E-state index contributed by atoms with van der Waals surface area (Å²) in [5, 5.41) is 5.26. The largest absolute Gasteiger partial charge is 0.497 e.